The highest BCUT2D eigenvalue weighted by Gasteiger charge is 2.16. The van der Waals surface area contributed by atoms with Crippen LogP contribution in [0.5, 0.6) is 5.75 Å². The van der Waals surface area contributed by atoms with Gasteiger partial charge in [0.25, 0.3) is 0 Å². The second-order valence-corrected chi connectivity index (χ2v) is 7.34. The third-order valence-electron chi connectivity index (χ3n) is 4.60. The van der Waals surface area contributed by atoms with Gasteiger partial charge in [-0.2, -0.15) is 4.37 Å². The molecule has 0 spiro atoms. The van der Waals surface area contributed by atoms with Crippen LogP contribution < -0.4 is 4.74 Å². The number of carbonyl (C=O) groups is 1. The van der Waals surface area contributed by atoms with Crippen molar-refractivity contribution in [2.75, 3.05) is 7.05 Å². The standard InChI is InChI=1S/C21H23N3O2S/c1-5-18(24(4)14(2)3)21-15(7-6-10-22-21)13-26-19-8-9-20-16(11-23-27-20)17(19)12-25/h5-12,14H,13H2,1-4H3/b18-5-. The van der Waals surface area contributed by atoms with Crippen molar-refractivity contribution in [3.8, 4) is 5.75 Å². The lowest BCUT2D eigenvalue weighted by Crippen LogP contribution is -2.25. The average Bonchev–Trinajstić information content (AvgIpc) is 3.16. The number of allylic oxidation sites excluding steroid dienone is 1. The molecule has 3 rings (SSSR count). The Morgan fingerprint density at radius 2 is 2.15 bits per heavy atom. The number of aldehydes is 1. The summed E-state index contributed by atoms with van der Waals surface area (Å²) in [7, 11) is 2.06. The molecule has 1 aromatic carbocycles. The molecule has 0 bridgehead atoms. The first-order valence-electron chi connectivity index (χ1n) is 8.85. The molecule has 3 aromatic rings. The lowest BCUT2D eigenvalue weighted by molar-refractivity contribution is 0.112. The maximum absolute atomic E-state index is 11.6. The monoisotopic (exact) mass is 381 g/mol. The molecule has 0 aliphatic carbocycles. The molecule has 0 fully saturated rings. The number of benzene rings is 1. The van der Waals surface area contributed by atoms with Crippen LogP contribution in [0.2, 0.25) is 0 Å². The van der Waals surface area contributed by atoms with E-state index in [1.807, 2.05) is 31.2 Å². The van der Waals surface area contributed by atoms with Crippen molar-refractivity contribution in [1.29, 1.82) is 0 Å². The topological polar surface area (TPSA) is 55.3 Å². The maximum Gasteiger partial charge on any atom is 0.154 e. The number of carbonyl (C=O) groups excluding carboxylic acids is 1. The molecule has 0 N–H and O–H groups in total. The normalized spacial score (nSPS) is 11.8. The summed E-state index contributed by atoms with van der Waals surface area (Å²) < 4.78 is 11.2. The van der Waals surface area contributed by atoms with Crippen molar-refractivity contribution >= 4 is 33.6 Å². The summed E-state index contributed by atoms with van der Waals surface area (Å²) in [4.78, 5) is 18.4. The number of pyridine rings is 1. The Morgan fingerprint density at radius 3 is 2.85 bits per heavy atom. The first-order chi connectivity index (χ1) is 13.1. The van der Waals surface area contributed by atoms with Gasteiger partial charge in [-0.05, 0) is 50.5 Å². The zero-order valence-corrected chi connectivity index (χ0v) is 16.8. The molecule has 0 saturated carbocycles. The molecule has 0 radical (unpaired) electrons. The van der Waals surface area contributed by atoms with Gasteiger partial charge in [0.15, 0.2) is 6.29 Å². The molecule has 27 heavy (non-hydrogen) atoms. The van der Waals surface area contributed by atoms with E-state index >= 15 is 0 Å². The number of fused-ring (bicyclic) bond motifs is 1. The number of ether oxygens (including phenoxy) is 1. The van der Waals surface area contributed by atoms with Crippen molar-refractivity contribution in [3.05, 3.63) is 59.6 Å². The van der Waals surface area contributed by atoms with Gasteiger partial charge in [-0.15, -0.1) is 0 Å². The van der Waals surface area contributed by atoms with E-state index in [4.69, 9.17) is 4.74 Å². The molecule has 140 valence electrons. The fourth-order valence-electron chi connectivity index (χ4n) is 2.92. The van der Waals surface area contributed by atoms with Gasteiger partial charge in [0.05, 0.1) is 21.7 Å². The second-order valence-electron chi connectivity index (χ2n) is 6.51. The largest absolute Gasteiger partial charge is 0.488 e. The zero-order valence-electron chi connectivity index (χ0n) is 16.0. The van der Waals surface area contributed by atoms with Crippen LogP contribution in [0, 0.1) is 0 Å². The Bertz CT molecular complexity index is 978. The van der Waals surface area contributed by atoms with E-state index in [9.17, 15) is 4.79 Å². The van der Waals surface area contributed by atoms with E-state index in [-0.39, 0.29) is 0 Å². The second kappa shape index (κ2) is 8.31. The summed E-state index contributed by atoms with van der Waals surface area (Å²) in [5, 5.41) is 0.826. The minimum Gasteiger partial charge on any atom is -0.488 e. The van der Waals surface area contributed by atoms with E-state index in [0.29, 0.717) is 24.0 Å². The quantitative estimate of drug-likeness (QED) is 0.551. The number of rotatable bonds is 7. The highest BCUT2D eigenvalue weighted by molar-refractivity contribution is 7.13. The minimum atomic E-state index is 0.330. The summed E-state index contributed by atoms with van der Waals surface area (Å²) in [5.74, 6) is 0.562. The fraction of sp³-hybridized carbons (Fsp3) is 0.286. The van der Waals surface area contributed by atoms with Gasteiger partial charge in [0.2, 0.25) is 0 Å². The van der Waals surface area contributed by atoms with Crippen molar-refractivity contribution in [1.82, 2.24) is 14.3 Å². The summed E-state index contributed by atoms with van der Waals surface area (Å²) in [6, 6.07) is 8.02. The number of nitrogens with zero attached hydrogens (tertiary/aromatic N) is 3. The molecule has 0 saturated heterocycles. The van der Waals surface area contributed by atoms with Crippen molar-refractivity contribution < 1.29 is 9.53 Å². The van der Waals surface area contributed by atoms with Gasteiger partial charge in [0, 0.05) is 36.4 Å². The van der Waals surface area contributed by atoms with E-state index in [1.54, 1.807) is 12.4 Å². The van der Waals surface area contributed by atoms with Crippen molar-refractivity contribution in [2.24, 2.45) is 0 Å². The Hall–Kier alpha value is -2.73. The first kappa shape index (κ1) is 19.0. The van der Waals surface area contributed by atoms with Gasteiger partial charge in [-0.1, -0.05) is 12.1 Å². The average molecular weight is 382 g/mol. The van der Waals surface area contributed by atoms with Crippen LogP contribution in [0.4, 0.5) is 0 Å². The predicted molar refractivity (Wildman–Crippen MR) is 110 cm³/mol. The molecular formula is C21H23N3O2S. The molecular weight excluding hydrogens is 358 g/mol. The van der Waals surface area contributed by atoms with E-state index in [0.717, 1.165) is 33.3 Å². The summed E-state index contributed by atoms with van der Waals surface area (Å²) >= 11 is 1.37. The highest BCUT2D eigenvalue weighted by Crippen LogP contribution is 2.30. The molecule has 0 unspecified atom stereocenters. The lowest BCUT2D eigenvalue weighted by atomic mass is 10.1. The molecule has 2 heterocycles. The van der Waals surface area contributed by atoms with Crippen LogP contribution in [0.25, 0.3) is 15.8 Å². The van der Waals surface area contributed by atoms with Gasteiger partial charge >= 0.3 is 0 Å². The highest BCUT2D eigenvalue weighted by atomic mass is 32.1. The maximum atomic E-state index is 11.6. The van der Waals surface area contributed by atoms with Gasteiger partial charge in [-0.25, -0.2) is 0 Å². The van der Waals surface area contributed by atoms with Gasteiger partial charge in [-0.3, -0.25) is 9.78 Å². The van der Waals surface area contributed by atoms with E-state index < -0.39 is 0 Å². The number of aromatic nitrogens is 2. The smallest absolute Gasteiger partial charge is 0.154 e. The van der Waals surface area contributed by atoms with Crippen molar-refractivity contribution in [3.63, 3.8) is 0 Å². The SMILES string of the molecule is C/C=C(/c1ncccc1COc1ccc2sncc2c1C=O)N(C)C(C)C. The van der Waals surface area contributed by atoms with Crippen LogP contribution in [0.15, 0.2) is 42.7 Å². The molecule has 2 aromatic heterocycles. The first-order valence-corrected chi connectivity index (χ1v) is 9.63. The van der Waals surface area contributed by atoms with Crippen LogP contribution in [0.3, 0.4) is 0 Å². The number of hydrogen-bond acceptors (Lipinski definition) is 6. The molecule has 0 amide bonds. The van der Waals surface area contributed by atoms with Crippen LogP contribution >= 0.6 is 11.5 Å². The third-order valence-corrected chi connectivity index (χ3v) is 5.37. The molecule has 6 heteroatoms. The molecule has 0 atom stereocenters. The van der Waals surface area contributed by atoms with Crippen LogP contribution in [-0.2, 0) is 6.61 Å². The zero-order chi connectivity index (χ0) is 19.4. The van der Waals surface area contributed by atoms with Crippen LogP contribution in [0.1, 0.15) is 42.4 Å². The van der Waals surface area contributed by atoms with Crippen LogP contribution in [-0.4, -0.2) is 33.6 Å². The summed E-state index contributed by atoms with van der Waals surface area (Å²) in [6.07, 6.45) is 6.39. The fourth-order valence-corrected chi connectivity index (χ4v) is 3.58. The summed E-state index contributed by atoms with van der Waals surface area (Å²) in [5.41, 5.74) is 3.45. The molecule has 0 aliphatic heterocycles. The third kappa shape index (κ3) is 3.85. The Balaban J connectivity index is 1.91. The molecule has 5 nitrogen and oxygen atoms in total. The Morgan fingerprint density at radius 1 is 1.33 bits per heavy atom. The van der Waals surface area contributed by atoms with Gasteiger partial charge in [0.1, 0.15) is 12.4 Å². The summed E-state index contributed by atoms with van der Waals surface area (Å²) in [6.45, 7) is 6.62. The van der Waals surface area contributed by atoms with E-state index in [1.165, 1.54) is 11.5 Å². The predicted octanol–water partition coefficient (Wildman–Crippen LogP) is 4.78. The van der Waals surface area contributed by atoms with E-state index in [2.05, 4.69) is 41.2 Å². The Labute approximate surface area is 163 Å². The Kier molecular flexibility index (Phi) is 5.86. The number of hydrogen-bond donors (Lipinski definition) is 0. The molecule has 0 aliphatic rings. The van der Waals surface area contributed by atoms with Crippen molar-refractivity contribution in [2.45, 2.75) is 33.4 Å². The lowest BCUT2D eigenvalue weighted by Gasteiger charge is -2.27. The minimum absolute atomic E-state index is 0.330. The van der Waals surface area contributed by atoms with Gasteiger partial charge < -0.3 is 9.64 Å².